The van der Waals surface area contributed by atoms with E-state index >= 15 is 0 Å². The molecule has 0 unspecified atom stereocenters. The number of nitrogens with one attached hydrogen (secondary N) is 1. The molecule has 7 nitrogen and oxygen atoms in total. The fourth-order valence-electron chi connectivity index (χ4n) is 3.30. The van der Waals surface area contributed by atoms with Crippen molar-refractivity contribution in [3.05, 3.63) is 62.7 Å². The molecule has 2 aromatic carbocycles. The summed E-state index contributed by atoms with van der Waals surface area (Å²) in [6.07, 6.45) is -0.742. The lowest BCUT2D eigenvalue weighted by Gasteiger charge is -2.23. The highest BCUT2D eigenvalue weighted by atomic mass is 79.9. The van der Waals surface area contributed by atoms with Gasteiger partial charge >= 0.3 is 6.09 Å². The Morgan fingerprint density at radius 2 is 1.85 bits per heavy atom. The minimum Gasteiger partial charge on any atom is -0.444 e. The maximum atomic E-state index is 13.7. The number of benzene rings is 2. The van der Waals surface area contributed by atoms with E-state index in [2.05, 4.69) is 21.2 Å². The Morgan fingerprint density at radius 3 is 2.42 bits per heavy atom. The van der Waals surface area contributed by atoms with Crippen molar-refractivity contribution in [3.8, 4) is 0 Å². The van der Waals surface area contributed by atoms with Gasteiger partial charge in [0.05, 0.1) is 33.1 Å². The third kappa shape index (κ3) is 5.66. The van der Waals surface area contributed by atoms with Gasteiger partial charge in [-0.25, -0.2) is 17.2 Å². The molecule has 0 radical (unpaired) electrons. The summed E-state index contributed by atoms with van der Waals surface area (Å²) in [5, 5.41) is 13.2. The second kappa shape index (κ2) is 9.84. The van der Waals surface area contributed by atoms with Gasteiger partial charge in [-0.05, 0) is 45.0 Å². The molecule has 1 aromatic heterocycles. The standard InChI is InChI=1S/C22H23BrCl2N2O5S/c1-22(2,3)32-21(29)26-13(12-28)9-14-10-16-17(23)11-18(24)19(25)20(16)27(14)33(30,31)15-7-5-4-6-8-15/h4-8,10-11,13,28H,9,12H2,1-3H3,(H,26,29)/t13-/m0/s1. The van der Waals surface area contributed by atoms with Crippen LogP contribution in [0.3, 0.4) is 0 Å². The van der Waals surface area contributed by atoms with E-state index in [1.54, 1.807) is 51.1 Å². The molecule has 0 spiro atoms. The summed E-state index contributed by atoms with van der Waals surface area (Å²) >= 11 is 16.1. The van der Waals surface area contributed by atoms with Crippen LogP contribution in [0.2, 0.25) is 10.0 Å². The second-order valence-corrected chi connectivity index (χ2v) is 11.8. The molecule has 1 heterocycles. The largest absolute Gasteiger partial charge is 0.444 e. The van der Waals surface area contributed by atoms with Crippen LogP contribution in [0.4, 0.5) is 4.79 Å². The summed E-state index contributed by atoms with van der Waals surface area (Å²) in [6.45, 7) is 4.71. The summed E-state index contributed by atoms with van der Waals surface area (Å²) in [4.78, 5) is 12.3. The lowest BCUT2D eigenvalue weighted by Crippen LogP contribution is -2.42. The Balaban J connectivity index is 2.16. The average molecular weight is 578 g/mol. The van der Waals surface area contributed by atoms with Crippen LogP contribution in [-0.4, -0.2) is 41.8 Å². The van der Waals surface area contributed by atoms with Gasteiger partial charge < -0.3 is 15.2 Å². The molecular weight excluding hydrogens is 555 g/mol. The predicted molar refractivity (Wildman–Crippen MR) is 133 cm³/mol. The minimum atomic E-state index is -4.09. The van der Waals surface area contributed by atoms with Crippen molar-refractivity contribution in [3.63, 3.8) is 0 Å². The fourth-order valence-corrected chi connectivity index (χ4v) is 6.03. The topological polar surface area (TPSA) is 97.6 Å². The molecule has 1 atom stereocenters. The number of hydrogen-bond donors (Lipinski definition) is 2. The van der Waals surface area contributed by atoms with Crippen LogP contribution in [-0.2, 0) is 21.2 Å². The molecule has 0 aliphatic heterocycles. The normalized spacial score (nSPS) is 13.2. The molecule has 0 saturated heterocycles. The molecule has 0 saturated carbocycles. The summed E-state index contributed by atoms with van der Waals surface area (Å²) in [5.74, 6) is 0. The molecule has 3 aromatic rings. The van der Waals surface area contributed by atoms with Crippen LogP contribution in [0.25, 0.3) is 10.9 Å². The summed E-state index contributed by atoms with van der Waals surface area (Å²) in [5.41, 5.74) is -0.234. The average Bonchev–Trinajstić information content (AvgIpc) is 3.11. The van der Waals surface area contributed by atoms with Gasteiger partial charge in [-0.1, -0.05) is 57.3 Å². The van der Waals surface area contributed by atoms with E-state index < -0.39 is 34.4 Å². The van der Waals surface area contributed by atoms with Crippen LogP contribution >= 0.6 is 39.1 Å². The van der Waals surface area contributed by atoms with Gasteiger partial charge in [-0.3, -0.25) is 0 Å². The van der Waals surface area contributed by atoms with E-state index in [9.17, 15) is 18.3 Å². The van der Waals surface area contributed by atoms with E-state index in [-0.39, 0.29) is 26.9 Å². The van der Waals surface area contributed by atoms with Crippen LogP contribution in [0, 0.1) is 0 Å². The van der Waals surface area contributed by atoms with E-state index in [1.807, 2.05) is 0 Å². The third-order valence-corrected chi connectivity index (χ3v) is 7.84. The van der Waals surface area contributed by atoms with Crippen molar-refractivity contribution in [2.75, 3.05) is 6.61 Å². The molecule has 2 N–H and O–H groups in total. The number of aliphatic hydroxyl groups is 1. The van der Waals surface area contributed by atoms with Gasteiger partial charge in [-0.2, -0.15) is 0 Å². The Bertz CT molecular complexity index is 1290. The molecule has 0 bridgehead atoms. The van der Waals surface area contributed by atoms with Crippen LogP contribution < -0.4 is 5.32 Å². The first kappa shape index (κ1) is 25.8. The number of fused-ring (bicyclic) bond motifs is 1. The highest BCUT2D eigenvalue weighted by Gasteiger charge is 2.28. The third-order valence-electron chi connectivity index (χ3n) is 4.64. The predicted octanol–water partition coefficient (Wildman–Crippen LogP) is 5.38. The van der Waals surface area contributed by atoms with Crippen LogP contribution in [0.15, 0.2) is 51.8 Å². The van der Waals surface area contributed by atoms with Gasteiger partial charge in [0, 0.05) is 22.0 Å². The number of hydrogen-bond acceptors (Lipinski definition) is 5. The Kier molecular flexibility index (Phi) is 7.70. The molecule has 33 heavy (non-hydrogen) atoms. The number of alkyl carbamates (subject to hydrolysis) is 1. The number of carbonyl (C=O) groups excluding carboxylic acids is 1. The maximum Gasteiger partial charge on any atom is 0.407 e. The lowest BCUT2D eigenvalue weighted by atomic mass is 10.1. The highest BCUT2D eigenvalue weighted by Crippen LogP contribution is 2.40. The zero-order valence-corrected chi connectivity index (χ0v) is 22.0. The van der Waals surface area contributed by atoms with Crippen LogP contribution in [0.5, 0.6) is 0 Å². The fraction of sp³-hybridized carbons (Fsp3) is 0.318. The monoisotopic (exact) mass is 576 g/mol. The maximum absolute atomic E-state index is 13.7. The molecule has 1 amide bonds. The van der Waals surface area contributed by atoms with Gasteiger partial charge in [-0.15, -0.1) is 0 Å². The molecule has 11 heteroatoms. The summed E-state index contributed by atoms with van der Waals surface area (Å²) < 4.78 is 34.2. The minimum absolute atomic E-state index is 0.0170. The number of amides is 1. The van der Waals surface area contributed by atoms with Gasteiger partial charge in [0.15, 0.2) is 0 Å². The van der Waals surface area contributed by atoms with Crippen molar-refractivity contribution in [1.82, 2.24) is 9.29 Å². The molecule has 0 aliphatic rings. The molecule has 3 rings (SSSR count). The number of aliphatic hydroxyl groups excluding tert-OH is 1. The number of nitrogens with zero attached hydrogens (tertiary/aromatic N) is 1. The molecule has 0 aliphatic carbocycles. The van der Waals surface area contributed by atoms with Crippen molar-refractivity contribution in [2.45, 2.75) is 43.7 Å². The van der Waals surface area contributed by atoms with Crippen molar-refractivity contribution in [2.24, 2.45) is 0 Å². The summed E-state index contributed by atoms with van der Waals surface area (Å²) in [7, 11) is -4.09. The number of halogens is 3. The molecule has 178 valence electrons. The highest BCUT2D eigenvalue weighted by molar-refractivity contribution is 9.10. The Hall–Kier alpha value is -1.78. The SMILES string of the molecule is CC(C)(C)OC(=O)N[C@H](CO)Cc1cc2c(Br)cc(Cl)c(Cl)c2n1S(=O)(=O)c1ccccc1. The van der Waals surface area contributed by atoms with E-state index in [0.29, 0.717) is 15.6 Å². The van der Waals surface area contributed by atoms with Gasteiger partial charge in [0.2, 0.25) is 0 Å². The Labute approximate surface area is 210 Å². The number of carbonyl (C=O) groups is 1. The summed E-state index contributed by atoms with van der Waals surface area (Å²) in [6, 6.07) is 10.3. The number of aromatic nitrogens is 1. The van der Waals surface area contributed by atoms with E-state index in [1.165, 1.54) is 12.1 Å². The molecular formula is C22H23BrCl2N2O5S. The first-order valence-corrected chi connectivity index (χ1v) is 12.9. The van der Waals surface area contributed by atoms with Crippen molar-refractivity contribution >= 4 is 66.2 Å². The number of rotatable bonds is 6. The zero-order valence-electron chi connectivity index (χ0n) is 18.1. The molecule has 0 fully saturated rings. The van der Waals surface area contributed by atoms with E-state index in [0.717, 1.165) is 3.97 Å². The second-order valence-electron chi connectivity index (χ2n) is 8.36. The number of ether oxygens (including phenoxy) is 1. The van der Waals surface area contributed by atoms with E-state index in [4.69, 9.17) is 27.9 Å². The Morgan fingerprint density at radius 1 is 1.21 bits per heavy atom. The zero-order chi connectivity index (χ0) is 24.6. The quantitative estimate of drug-likeness (QED) is 0.384. The first-order chi connectivity index (χ1) is 15.3. The van der Waals surface area contributed by atoms with Gasteiger partial charge in [0.1, 0.15) is 5.60 Å². The smallest absolute Gasteiger partial charge is 0.407 e. The van der Waals surface area contributed by atoms with Crippen molar-refractivity contribution in [1.29, 1.82) is 0 Å². The lowest BCUT2D eigenvalue weighted by molar-refractivity contribution is 0.0482. The first-order valence-electron chi connectivity index (χ1n) is 9.94. The van der Waals surface area contributed by atoms with Gasteiger partial charge in [0.25, 0.3) is 10.0 Å². The van der Waals surface area contributed by atoms with Crippen molar-refractivity contribution < 1.29 is 23.1 Å². The van der Waals surface area contributed by atoms with Crippen LogP contribution in [0.1, 0.15) is 26.5 Å².